The Morgan fingerprint density at radius 2 is 2.06 bits per heavy atom. The zero-order valence-corrected chi connectivity index (χ0v) is 10.4. The number of carbonyl (C=O) groups is 2. The zero-order chi connectivity index (χ0) is 13.4. The van der Waals surface area contributed by atoms with E-state index in [4.69, 9.17) is 5.11 Å². The number of carboxylic acid groups (broad SMARTS) is 1. The standard InChI is InChI=1S/C13H18N2O3/c1-2-3-4-8-14-13(18)15-11-7-5-6-10(9-11)12(16)17/h5-7,9H,2-4,8H2,1H3,(H,16,17)(H2,14,15,18). The summed E-state index contributed by atoms with van der Waals surface area (Å²) in [4.78, 5) is 22.2. The molecular weight excluding hydrogens is 232 g/mol. The number of amides is 2. The molecule has 1 aromatic rings. The Hall–Kier alpha value is -2.04. The Kier molecular flexibility index (Phi) is 5.70. The van der Waals surface area contributed by atoms with Crippen LogP contribution in [-0.2, 0) is 0 Å². The van der Waals surface area contributed by atoms with Gasteiger partial charge < -0.3 is 15.7 Å². The number of hydrogen-bond acceptors (Lipinski definition) is 2. The molecule has 0 spiro atoms. The molecule has 0 atom stereocenters. The molecule has 0 aliphatic carbocycles. The number of benzene rings is 1. The number of aromatic carboxylic acids is 1. The molecular formula is C13H18N2O3. The second-order valence-corrected chi connectivity index (χ2v) is 3.97. The van der Waals surface area contributed by atoms with E-state index >= 15 is 0 Å². The van der Waals surface area contributed by atoms with Gasteiger partial charge in [0, 0.05) is 12.2 Å². The van der Waals surface area contributed by atoms with Gasteiger partial charge in [0.1, 0.15) is 0 Å². The summed E-state index contributed by atoms with van der Waals surface area (Å²) in [5.41, 5.74) is 0.627. The van der Waals surface area contributed by atoms with E-state index in [0.29, 0.717) is 12.2 Å². The van der Waals surface area contributed by atoms with Gasteiger partial charge in [-0.2, -0.15) is 0 Å². The Morgan fingerprint density at radius 3 is 2.72 bits per heavy atom. The fourth-order valence-electron chi connectivity index (χ4n) is 1.48. The molecule has 0 bridgehead atoms. The Morgan fingerprint density at radius 1 is 1.28 bits per heavy atom. The minimum Gasteiger partial charge on any atom is -0.478 e. The van der Waals surface area contributed by atoms with E-state index in [1.165, 1.54) is 12.1 Å². The van der Waals surface area contributed by atoms with Crippen molar-refractivity contribution < 1.29 is 14.7 Å². The average Bonchev–Trinajstić information content (AvgIpc) is 2.35. The molecule has 5 heteroatoms. The first kappa shape index (κ1) is 14.0. The predicted octanol–water partition coefficient (Wildman–Crippen LogP) is 2.70. The van der Waals surface area contributed by atoms with Gasteiger partial charge in [0.05, 0.1) is 5.56 Å². The van der Waals surface area contributed by atoms with Crippen molar-refractivity contribution in [2.75, 3.05) is 11.9 Å². The molecule has 0 aliphatic rings. The highest BCUT2D eigenvalue weighted by atomic mass is 16.4. The fourth-order valence-corrected chi connectivity index (χ4v) is 1.48. The molecule has 0 heterocycles. The van der Waals surface area contributed by atoms with E-state index in [0.717, 1.165) is 19.3 Å². The first-order chi connectivity index (χ1) is 8.63. The van der Waals surface area contributed by atoms with Crippen molar-refractivity contribution in [2.45, 2.75) is 26.2 Å². The van der Waals surface area contributed by atoms with Crippen molar-refractivity contribution in [3.05, 3.63) is 29.8 Å². The fraction of sp³-hybridized carbons (Fsp3) is 0.385. The monoisotopic (exact) mass is 250 g/mol. The Labute approximate surface area is 106 Å². The number of hydrogen-bond donors (Lipinski definition) is 3. The van der Waals surface area contributed by atoms with Crippen LogP contribution in [0.2, 0.25) is 0 Å². The van der Waals surface area contributed by atoms with Crippen LogP contribution in [-0.4, -0.2) is 23.7 Å². The third-order valence-corrected chi connectivity index (χ3v) is 2.43. The van der Waals surface area contributed by atoms with Gasteiger partial charge in [-0.15, -0.1) is 0 Å². The van der Waals surface area contributed by atoms with Gasteiger partial charge in [-0.3, -0.25) is 0 Å². The van der Waals surface area contributed by atoms with Crippen molar-refractivity contribution in [1.82, 2.24) is 5.32 Å². The van der Waals surface area contributed by atoms with Crippen LogP contribution in [0.3, 0.4) is 0 Å². The van der Waals surface area contributed by atoms with E-state index in [-0.39, 0.29) is 11.6 Å². The van der Waals surface area contributed by atoms with Crippen LogP contribution >= 0.6 is 0 Å². The summed E-state index contributed by atoms with van der Waals surface area (Å²) < 4.78 is 0. The highest BCUT2D eigenvalue weighted by Crippen LogP contribution is 2.10. The minimum atomic E-state index is -1.01. The van der Waals surface area contributed by atoms with Crippen molar-refractivity contribution in [3.63, 3.8) is 0 Å². The third-order valence-electron chi connectivity index (χ3n) is 2.43. The molecule has 0 unspecified atom stereocenters. The Bertz CT molecular complexity index is 418. The number of unbranched alkanes of at least 4 members (excludes halogenated alkanes) is 2. The average molecular weight is 250 g/mol. The summed E-state index contributed by atoms with van der Waals surface area (Å²) in [7, 11) is 0. The van der Waals surface area contributed by atoms with Gasteiger partial charge >= 0.3 is 12.0 Å². The molecule has 3 N–H and O–H groups in total. The quantitative estimate of drug-likeness (QED) is 0.679. The molecule has 0 aromatic heterocycles. The van der Waals surface area contributed by atoms with Crippen molar-refractivity contribution in [3.8, 4) is 0 Å². The summed E-state index contributed by atoms with van der Waals surface area (Å²) >= 11 is 0. The van der Waals surface area contributed by atoms with Crippen LogP contribution in [0.25, 0.3) is 0 Å². The number of nitrogens with one attached hydrogen (secondary N) is 2. The zero-order valence-electron chi connectivity index (χ0n) is 10.4. The lowest BCUT2D eigenvalue weighted by Gasteiger charge is -2.07. The van der Waals surface area contributed by atoms with Crippen LogP contribution in [0.1, 0.15) is 36.5 Å². The van der Waals surface area contributed by atoms with E-state index < -0.39 is 5.97 Å². The second-order valence-electron chi connectivity index (χ2n) is 3.97. The van der Waals surface area contributed by atoms with Gasteiger partial charge in [0.25, 0.3) is 0 Å². The molecule has 5 nitrogen and oxygen atoms in total. The smallest absolute Gasteiger partial charge is 0.335 e. The number of anilines is 1. The van der Waals surface area contributed by atoms with E-state index in [2.05, 4.69) is 17.6 Å². The molecule has 0 saturated heterocycles. The van der Waals surface area contributed by atoms with Gasteiger partial charge in [0.2, 0.25) is 0 Å². The molecule has 0 fully saturated rings. The van der Waals surface area contributed by atoms with E-state index in [9.17, 15) is 9.59 Å². The normalized spacial score (nSPS) is 9.83. The molecule has 0 radical (unpaired) electrons. The largest absolute Gasteiger partial charge is 0.478 e. The predicted molar refractivity (Wildman–Crippen MR) is 69.9 cm³/mol. The first-order valence-electron chi connectivity index (χ1n) is 6.01. The minimum absolute atomic E-state index is 0.152. The van der Waals surface area contributed by atoms with Gasteiger partial charge in [-0.25, -0.2) is 9.59 Å². The van der Waals surface area contributed by atoms with E-state index in [1.54, 1.807) is 12.1 Å². The summed E-state index contributed by atoms with van der Waals surface area (Å²) in [6, 6.07) is 5.84. The van der Waals surface area contributed by atoms with Crippen LogP contribution in [0, 0.1) is 0 Å². The van der Waals surface area contributed by atoms with E-state index in [1.807, 2.05) is 0 Å². The maximum absolute atomic E-state index is 11.5. The highest BCUT2D eigenvalue weighted by Gasteiger charge is 2.05. The van der Waals surface area contributed by atoms with Crippen molar-refractivity contribution >= 4 is 17.7 Å². The topological polar surface area (TPSA) is 78.4 Å². The lowest BCUT2D eigenvalue weighted by Crippen LogP contribution is -2.29. The molecule has 0 saturated carbocycles. The lowest BCUT2D eigenvalue weighted by atomic mass is 10.2. The second kappa shape index (κ2) is 7.32. The number of urea groups is 1. The van der Waals surface area contributed by atoms with Crippen molar-refractivity contribution in [2.24, 2.45) is 0 Å². The van der Waals surface area contributed by atoms with Crippen molar-refractivity contribution in [1.29, 1.82) is 0 Å². The molecule has 1 aromatic carbocycles. The lowest BCUT2D eigenvalue weighted by molar-refractivity contribution is 0.0697. The maximum Gasteiger partial charge on any atom is 0.335 e. The van der Waals surface area contributed by atoms with Gasteiger partial charge in [0.15, 0.2) is 0 Å². The molecule has 0 aliphatic heterocycles. The third kappa shape index (κ3) is 4.86. The van der Waals surface area contributed by atoms with Crippen LogP contribution in [0.4, 0.5) is 10.5 Å². The maximum atomic E-state index is 11.5. The summed E-state index contributed by atoms with van der Waals surface area (Å²) in [6.07, 6.45) is 3.12. The first-order valence-corrected chi connectivity index (χ1v) is 6.01. The number of carbonyl (C=O) groups excluding carboxylic acids is 1. The Balaban J connectivity index is 2.44. The number of rotatable bonds is 6. The summed E-state index contributed by atoms with van der Waals surface area (Å²) in [5.74, 6) is -1.01. The highest BCUT2D eigenvalue weighted by molar-refractivity contribution is 5.93. The molecule has 98 valence electrons. The number of carboxylic acids is 1. The summed E-state index contributed by atoms with van der Waals surface area (Å²) in [5, 5.41) is 14.1. The van der Waals surface area contributed by atoms with Crippen LogP contribution in [0.5, 0.6) is 0 Å². The summed E-state index contributed by atoms with van der Waals surface area (Å²) in [6.45, 7) is 2.72. The molecule has 18 heavy (non-hydrogen) atoms. The molecule has 1 rings (SSSR count). The van der Waals surface area contributed by atoms with Crippen LogP contribution < -0.4 is 10.6 Å². The van der Waals surface area contributed by atoms with Crippen LogP contribution in [0.15, 0.2) is 24.3 Å². The van der Waals surface area contributed by atoms with Gasteiger partial charge in [-0.1, -0.05) is 25.8 Å². The molecule has 2 amide bonds. The SMILES string of the molecule is CCCCCNC(=O)Nc1cccc(C(=O)O)c1. The van der Waals surface area contributed by atoms with Gasteiger partial charge in [-0.05, 0) is 24.6 Å².